The molecule has 5 rings (SSSR count). The number of rotatable bonds is 4. The van der Waals surface area contributed by atoms with E-state index in [9.17, 15) is 9.59 Å². The second-order valence-corrected chi connectivity index (χ2v) is 9.82. The molecule has 0 aliphatic carbocycles. The summed E-state index contributed by atoms with van der Waals surface area (Å²) < 4.78 is 18.9. The van der Waals surface area contributed by atoms with Crippen molar-refractivity contribution in [3.63, 3.8) is 0 Å². The summed E-state index contributed by atoms with van der Waals surface area (Å²) in [6.45, 7) is 3.83. The van der Waals surface area contributed by atoms with E-state index < -0.39 is 12.0 Å². The number of hydrogen-bond donors (Lipinski definition) is 0. The first kappa shape index (κ1) is 22.9. The summed E-state index contributed by atoms with van der Waals surface area (Å²) in [5.74, 6) is 0.719. The lowest BCUT2D eigenvalue weighted by molar-refractivity contribution is -0.139. The first-order valence-corrected chi connectivity index (χ1v) is 12.4. The van der Waals surface area contributed by atoms with Gasteiger partial charge in [0.1, 0.15) is 6.04 Å². The maximum atomic E-state index is 13.7. The van der Waals surface area contributed by atoms with E-state index >= 15 is 0 Å². The van der Waals surface area contributed by atoms with Gasteiger partial charge < -0.3 is 14.2 Å². The number of aromatic nitrogens is 1. The van der Waals surface area contributed by atoms with Gasteiger partial charge in [-0.15, -0.1) is 0 Å². The molecule has 10 heteroatoms. The Labute approximate surface area is 211 Å². The van der Waals surface area contributed by atoms with Crippen molar-refractivity contribution in [2.75, 3.05) is 13.4 Å². The standard InChI is InChI=1S/C24H18BrClN2O5S/c1-3-31-23(30)20-12(2)27-24-28(21(20)14-6-4-5-7-16(14)26)22(29)19(34-24)9-13-8-17-18(10-15(13)25)33-11-32-17/h4-10,21H,3,11H2,1-2H3/t21-/m0/s1. The predicted molar refractivity (Wildman–Crippen MR) is 132 cm³/mol. The highest BCUT2D eigenvalue weighted by atomic mass is 79.9. The SMILES string of the molecule is CCOC(=O)C1=C(C)N=c2sc(=Cc3cc4c(cc3Br)OCO4)c(=O)n2[C@H]1c1ccccc1Cl. The van der Waals surface area contributed by atoms with Crippen molar-refractivity contribution in [2.24, 2.45) is 4.99 Å². The Bertz CT molecular complexity index is 1540. The van der Waals surface area contributed by atoms with Crippen LogP contribution in [0, 0.1) is 0 Å². The molecule has 174 valence electrons. The maximum absolute atomic E-state index is 13.7. The van der Waals surface area contributed by atoms with Crippen LogP contribution in [-0.4, -0.2) is 23.9 Å². The van der Waals surface area contributed by atoms with Gasteiger partial charge in [-0.3, -0.25) is 9.36 Å². The van der Waals surface area contributed by atoms with Crippen molar-refractivity contribution in [1.82, 2.24) is 4.57 Å². The molecule has 0 spiro atoms. The number of carbonyl (C=O) groups excluding carboxylic acids is 1. The molecule has 1 atom stereocenters. The van der Waals surface area contributed by atoms with E-state index in [1.165, 1.54) is 15.9 Å². The number of nitrogens with zero attached hydrogens (tertiary/aromatic N) is 2. The van der Waals surface area contributed by atoms with Gasteiger partial charge in [-0.2, -0.15) is 0 Å². The summed E-state index contributed by atoms with van der Waals surface area (Å²) in [4.78, 5) is 31.7. The molecule has 0 saturated carbocycles. The lowest BCUT2D eigenvalue weighted by Gasteiger charge is -2.25. The highest BCUT2D eigenvalue weighted by Crippen LogP contribution is 2.37. The van der Waals surface area contributed by atoms with Gasteiger partial charge >= 0.3 is 5.97 Å². The van der Waals surface area contributed by atoms with Crippen molar-refractivity contribution < 1.29 is 19.0 Å². The van der Waals surface area contributed by atoms with Gasteiger partial charge in [-0.1, -0.05) is 57.1 Å². The van der Waals surface area contributed by atoms with Crippen molar-refractivity contribution in [3.8, 4) is 11.5 Å². The number of ether oxygens (including phenoxy) is 3. The number of allylic oxidation sites excluding steroid dienone is 1. The average molecular weight is 562 g/mol. The normalized spacial score (nSPS) is 16.9. The topological polar surface area (TPSA) is 79.1 Å². The molecule has 0 unspecified atom stereocenters. The molecule has 0 radical (unpaired) electrons. The Morgan fingerprint density at radius 1 is 1.32 bits per heavy atom. The minimum Gasteiger partial charge on any atom is -0.463 e. The van der Waals surface area contributed by atoms with Crippen LogP contribution in [0.3, 0.4) is 0 Å². The van der Waals surface area contributed by atoms with E-state index in [2.05, 4.69) is 20.9 Å². The third-order valence-corrected chi connectivity index (χ3v) is 7.51. The van der Waals surface area contributed by atoms with Crippen LogP contribution in [0.5, 0.6) is 11.5 Å². The van der Waals surface area contributed by atoms with E-state index in [1.54, 1.807) is 44.2 Å². The fourth-order valence-corrected chi connectivity index (χ4v) is 5.68. The molecule has 2 aliphatic rings. The second kappa shape index (κ2) is 9.05. The molecule has 34 heavy (non-hydrogen) atoms. The van der Waals surface area contributed by atoms with Gasteiger partial charge in [-0.25, -0.2) is 9.79 Å². The number of halogens is 2. The van der Waals surface area contributed by atoms with Crippen molar-refractivity contribution in [2.45, 2.75) is 19.9 Å². The molecular formula is C24H18BrClN2O5S. The molecule has 1 aromatic heterocycles. The van der Waals surface area contributed by atoms with Gasteiger partial charge in [0, 0.05) is 9.50 Å². The average Bonchev–Trinajstić information content (AvgIpc) is 3.37. The van der Waals surface area contributed by atoms with Crippen LogP contribution in [0.15, 0.2) is 61.9 Å². The summed E-state index contributed by atoms with van der Waals surface area (Å²) >= 11 is 11.3. The fraction of sp³-hybridized carbons (Fsp3) is 0.208. The predicted octanol–water partition coefficient (Wildman–Crippen LogP) is 3.94. The highest BCUT2D eigenvalue weighted by molar-refractivity contribution is 9.10. The molecule has 2 aliphatic heterocycles. The van der Waals surface area contributed by atoms with Crippen molar-refractivity contribution >= 4 is 50.9 Å². The van der Waals surface area contributed by atoms with Gasteiger partial charge in [0.15, 0.2) is 16.3 Å². The van der Waals surface area contributed by atoms with Crippen molar-refractivity contribution in [3.05, 3.63) is 88.0 Å². The van der Waals surface area contributed by atoms with Gasteiger partial charge in [0.25, 0.3) is 5.56 Å². The van der Waals surface area contributed by atoms with Crippen LogP contribution in [0.1, 0.15) is 31.0 Å². The van der Waals surface area contributed by atoms with Crippen LogP contribution in [0.2, 0.25) is 5.02 Å². The zero-order valence-electron chi connectivity index (χ0n) is 18.1. The van der Waals surface area contributed by atoms with Crippen LogP contribution in [0.25, 0.3) is 6.08 Å². The largest absolute Gasteiger partial charge is 0.463 e. The maximum Gasteiger partial charge on any atom is 0.338 e. The molecule has 0 fully saturated rings. The molecule has 2 aromatic carbocycles. The minimum atomic E-state index is -0.758. The van der Waals surface area contributed by atoms with E-state index in [0.29, 0.717) is 37.1 Å². The lowest BCUT2D eigenvalue weighted by atomic mass is 9.96. The Morgan fingerprint density at radius 2 is 2.06 bits per heavy atom. The summed E-state index contributed by atoms with van der Waals surface area (Å²) in [6.07, 6.45) is 1.77. The van der Waals surface area contributed by atoms with E-state index in [-0.39, 0.29) is 24.5 Å². The number of fused-ring (bicyclic) bond motifs is 2. The second-order valence-electron chi connectivity index (χ2n) is 7.55. The summed E-state index contributed by atoms with van der Waals surface area (Å²) in [6, 6.07) is 10.0. The molecule has 7 nitrogen and oxygen atoms in total. The molecular weight excluding hydrogens is 544 g/mol. The molecule has 0 amide bonds. The number of thiazole rings is 1. The lowest BCUT2D eigenvalue weighted by Crippen LogP contribution is -2.40. The van der Waals surface area contributed by atoms with E-state index in [0.717, 1.165) is 10.0 Å². The summed E-state index contributed by atoms with van der Waals surface area (Å²) in [5, 5.41) is 0.442. The number of benzene rings is 2. The quantitative estimate of drug-likeness (QED) is 0.451. The summed E-state index contributed by atoms with van der Waals surface area (Å²) in [5.41, 5.74) is 1.87. The zero-order valence-corrected chi connectivity index (χ0v) is 21.3. The van der Waals surface area contributed by atoms with Gasteiger partial charge in [0.05, 0.1) is 22.4 Å². The number of esters is 1. The zero-order chi connectivity index (χ0) is 24.0. The number of hydrogen-bond acceptors (Lipinski definition) is 7. The highest BCUT2D eigenvalue weighted by Gasteiger charge is 2.34. The van der Waals surface area contributed by atoms with Crippen molar-refractivity contribution in [1.29, 1.82) is 0 Å². The Morgan fingerprint density at radius 3 is 2.79 bits per heavy atom. The third-order valence-electron chi connectivity index (χ3n) is 5.50. The van der Waals surface area contributed by atoms with Crippen LogP contribution in [-0.2, 0) is 9.53 Å². The first-order chi connectivity index (χ1) is 16.4. The van der Waals surface area contributed by atoms with Gasteiger partial charge in [-0.05, 0) is 49.2 Å². The van der Waals surface area contributed by atoms with Crippen LogP contribution >= 0.6 is 38.9 Å². The minimum absolute atomic E-state index is 0.154. The molecule has 0 N–H and O–H groups in total. The van der Waals surface area contributed by atoms with Gasteiger partial charge in [0.2, 0.25) is 6.79 Å². The smallest absolute Gasteiger partial charge is 0.338 e. The van der Waals surface area contributed by atoms with Crippen LogP contribution < -0.4 is 24.4 Å². The van der Waals surface area contributed by atoms with E-state index in [1.807, 2.05) is 12.1 Å². The van der Waals surface area contributed by atoms with E-state index in [4.69, 9.17) is 25.8 Å². The number of carbonyl (C=O) groups is 1. The van der Waals surface area contributed by atoms with Crippen LogP contribution in [0.4, 0.5) is 0 Å². The Hall–Kier alpha value is -2.88. The third kappa shape index (κ3) is 3.87. The Kier molecular flexibility index (Phi) is 6.09. The molecule has 0 bridgehead atoms. The molecule has 3 aromatic rings. The summed E-state index contributed by atoms with van der Waals surface area (Å²) in [7, 11) is 0. The monoisotopic (exact) mass is 560 g/mol. The molecule has 0 saturated heterocycles. The molecule has 3 heterocycles. The first-order valence-electron chi connectivity index (χ1n) is 10.4. The fourth-order valence-electron chi connectivity index (χ4n) is 3.97. The Balaban J connectivity index is 1.73.